The smallest absolute Gasteiger partial charge is 0.317 e. The van der Waals surface area contributed by atoms with Crippen LogP contribution in [0.4, 0.5) is 0 Å². The number of benzene rings is 1. The summed E-state index contributed by atoms with van der Waals surface area (Å²) in [7, 11) is 0. The number of carboxylic acid groups (broad SMARTS) is 1. The molecule has 0 amide bonds. The molecule has 1 aromatic heterocycles. The first-order chi connectivity index (χ1) is 9.51. The van der Waals surface area contributed by atoms with E-state index in [9.17, 15) is 9.90 Å². The van der Waals surface area contributed by atoms with E-state index in [1.165, 1.54) is 5.56 Å². The Morgan fingerprint density at radius 1 is 1.15 bits per heavy atom. The molecule has 0 saturated heterocycles. The summed E-state index contributed by atoms with van der Waals surface area (Å²) in [6.07, 6.45) is 1.25. The second-order valence-corrected chi connectivity index (χ2v) is 5.47. The second kappa shape index (κ2) is 4.40. The number of aliphatic carboxylic acids is 1. The lowest BCUT2D eigenvalue weighted by Gasteiger charge is -2.11. The number of carbonyl (C=O) groups is 1. The lowest BCUT2D eigenvalue weighted by molar-refractivity contribution is -0.140. The molecule has 1 N–H and O–H groups in total. The van der Waals surface area contributed by atoms with Crippen molar-refractivity contribution in [1.82, 2.24) is 9.97 Å². The van der Waals surface area contributed by atoms with Gasteiger partial charge in [-0.15, -0.1) is 0 Å². The fraction of sp³-hybridized carbons (Fsp3) is 0.312. The Morgan fingerprint density at radius 3 is 2.35 bits per heavy atom. The van der Waals surface area contributed by atoms with Crippen LogP contribution in [-0.2, 0) is 10.2 Å². The van der Waals surface area contributed by atoms with Crippen LogP contribution in [0, 0.1) is 13.8 Å². The zero-order chi connectivity index (χ0) is 14.3. The highest BCUT2D eigenvalue weighted by Crippen LogP contribution is 2.47. The quantitative estimate of drug-likeness (QED) is 0.929. The number of carboxylic acids is 1. The van der Waals surface area contributed by atoms with Crippen LogP contribution < -0.4 is 0 Å². The average Bonchev–Trinajstić information content (AvgIpc) is 3.20. The molecular weight excluding hydrogens is 252 g/mol. The first-order valence-electron chi connectivity index (χ1n) is 6.68. The van der Waals surface area contributed by atoms with Crippen molar-refractivity contribution in [2.24, 2.45) is 0 Å². The van der Waals surface area contributed by atoms with Gasteiger partial charge in [0.2, 0.25) is 0 Å². The molecule has 20 heavy (non-hydrogen) atoms. The summed E-state index contributed by atoms with van der Waals surface area (Å²) in [6.45, 7) is 3.91. The molecule has 0 spiro atoms. The summed E-state index contributed by atoms with van der Waals surface area (Å²) in [5, 5.41) is 9.37. The third kappa shape index (κ3) is 2.07. The number of hydrogen-bond acceptors (Lipinski definition) is 3. The largest absolute Gasteiger partial charge is 0.480 e. The molecule has 0 radical (unpaired) electrons. The van der Waals surface area contributed by atoms with Crippen molar-refractivity contribution < 1.29 is 9.90 Å². The predicted molar refractivity (Wildman–Crippen MR) is 75.5 cm³/mol. The zero-order valence-electron chi connectivity index (χ0n) is 11.6. The molecule has 1 aliphatic rings. The van der Waals surface area contributed by atoms with E-state index in [0.29, 0.717) is 18.7 Å². The van der Waals surface area contributed by atoms with Crippen molar-refractivity contribution in [2.75, 3.05) is 0 Å². The molecule has 3 rings (SSSR count). The Labute approximate surface area is 117 Å². The molecule has 0 atom stereocenters. The molecule has 4 nitrogen and oxygen atoms in total. The summed E-state index contributed by atoms with van der Waals surface area (Å²) >= 11 is 0. The van der Waals surface area contributed by atoms with Crippen molar-refractivity contribution >= 4 is 5.97 Å². The number of hydrogen-bond donors (Lipinski definition) is 1. The molecule has 0 bridgehead atoms. The van der Waals surface area contributed by atoms with E-state index in [2.05, 4.69) is 9.97 Å². The Balaban J connectivity index is 2.08. The van der Waals surface area contributed by atoms with Crippen molar-refractivity contribution in [3.05, 3.63) is 47.4 Å². The molecule has 102 valence electrons. The normalized spacial score (nSPS) is 15.9. The summed E-state index contributed by atoms with van der Waals surface area (Å²) in [5.74, 6) is -0.376. The Bertz CT molecular complexity index is 673. The van der Waals surface area contributed by atoms with Crippen LogP contribution >= 0.6 is 0 Å². The van der Waals surface area contributed by atoms with Crippen molar-refractivity contribution in [3.8, 4) is 11.3 Å². The minimum Gasteiger partial charge on any atom is -0.480 e. The summed E-state index contributed by atoms with van der Waals surface area (Å²) in [6, 6.07) is 9.95. The summed E-state index contributed by atoms with van der Waals surface area (Å²) < 4.78 is 0. The highest BCUT2D eigenvalue weighted by Gasteiger charge is 2.54. The molecule has 0 aliphatic heterocycles. The fourth-order valence-corrected chi connectivity index (χ4v) is 2.31. The molecule has 1 aliphatic carbocycles. The van der Waals surface area contributed by atoms with Gasteiger partial charge in [-0.3, -0.25) is 4.79 Å². The molecule has 4 heteroatoms. The van der Waals surface area contributed by atoms with Gasteiger partial charge < -0.3 is 5.11 Å². The topological polar surface area (TPSA) is 63.1 Å². The average molecular weight is 268 g/mol. The Hall–Kier alpha value is -2.23. The Morgan fingerprint density at radius 2 is 1.80 bits per heavy atom. The first kappa shape index (κ1) is 12.8. The van der Waals surface area contributed by atoms with Crippen LogP contribution in [0.1, 0.15) is 29.9 Å². The number of aryl methyl sites for hydroxylation is 2. The van der Waals surface area contributed by atoms with E-state index in [-0.39, 0.29) is 0 Å². The van der Waals surface area contributed by atoms with Crippen LogP contribution in [-0.4, -0.2) is 21.0 Å². The van der Waals surface area contributed by atoms with E-state index < -0.39 is 11.4 Å². The van der Waals surface area contributed by atoms with Crippen LogP contribution in [0.15, 0.2) is 30.3 Å². The predicted octanol–water partition coefficient (Wildman–Crippen LogP) is 2.88. The van der Waals surface area contributed by atoms with Crippen molar-refractivity contribution in [1.29, 1.82) is 0 Å². The minimum absolute atomic E-state index is 0.445. The zero-order valence-corrected chi connectivity index (χ0v) is 11.6. The van der Waals surface area contributed by atoms with Crippen LogP contribution in [0.25, 0.3) is 11.3 Å². The van der Waals surface area contributed by atoms with Gasteiger partial charge in [-0.25, -0.2) is 9.97 Å². The van der Waals surface area contributed by atoms with Gasteiger partial charge in [0.25, 0.3) is 0 Å². The maximum Gasteiger partial charge on any atom is 0.317 e. The third-order valence-corrected chi connectivity index (χ3v) is 3.79. The highest BCUT2D eigenvalue weighted by atomic mass is 16.4. The van der Waals surface area contributed by atoms with Gasteiger partial charge in [0.1, 0.15) is 11.2 Å². The lowest BCUT2D eigenvalue weighted by Crippen LogP contribution is -2.23. The van der Waals surface area contributed by atoms with Gasteiger partial charge >= 0.3 is 5.97 Å². The van der Waals surface area contributed by atoms with Gasteiger partial charge in [-0.05, 0) is 32.8 Å². The van der Waals surface area contributed by atoms with Gasteiger partial charge in [0.15, 0.2) is 0 Å². The van der Waals surface area contributed by atoms with Crippen molar-refractivity contribution in [3.63, 3.8) is 0 Å². The molecule has 1 heterocycles. The monoisotopic (exact) mass is 268 g/mol. The molecular formula is C16H16N2O2. The van der Waals surface area contributed by atoms with E-state index >= 15 is 0 Å². The maximum atomic E-state index is 11.4. The molecule has 1 fully saturated rings. The van der Waals surface area contributed by atoms with Crippen LogP contribution in [0.2, 0.25) is 0 Å². The Kier molecular flexibility index (Phi) is 2.82. The summed E-state index contributed by atoms with van der Waals surface area (Å²) in [4.78, 5) is 20.2. The molecule has 1 saturated carbocycles. The summed E-state index contributed by atoms with van der Waals surface area (Å²) in [5.41, 5.74) is 2.91. The minimum atomic E-state index is -0.856. The van der Waals surface area contributed by atoms with Crippen LogP contribution in [0.5, 0.6) is 0 Å². The SMILES string of the molecule is Cc1ccc(-c2cc(C)nc(C3(C(=O)O)CC3)n2)cc1. The maximum absolute atomic E-state index is 11.4. The number of nitrogens with zero attached hydrogens (tertiary/aromatic N) is 2. The third-order valence-electron chi connectivity index (χ3n) is 3.79. The van der Waals surface area contributed by atoms with Gasteiger partial charge in [-0.1, -0.05) is 29.8 Å². The number of rotatable bonds is 3. The number of aromatic nitrogens is 2. The first-order valence-corrected chi connectivity index (χ1v) is 6.68. The van der Waals surface area contributed by atoms with Gasteiger partial charge in [-0.2, -0.15) is 0 Å². The van der Waals surface area contributed by atoms with E-state index in [1.807, 2.05) is 44.2 Å². The molecule has 0 unspecified atom stereocenters. The van der Waals surface area contributed by atoms with E-state index in [1.54, 1.807) is 0 Å². The standard InChI is InChI=1S/C16H16N2O2/c1-10-3-5-12(6-4-10)13-9-11(2)17-14(18-13)16(7-8-16)15(19)20/h3-6,9H,7-8H2,1-2H3,(H,19,20). The van der Waals surface area contributed by atoms with Crippen LogP contribution in [0.3, 0.4) is 0 Å². The van der Waals surface area contributed by atoms with E-state index in [0.717, 1.165) is 17.0 Å². The second-order valence-electron chi connectivity index (χ2n) is 5.47. The lowest BCUT2D eigenvalue weighted by atomic mass is 10.0. The fourth-order valence-electron chi connectivity index (χ4n) is 2.31. The van der Waals surface area contributed by atoms with Crippen molar-refractivity contribution in [2.45, 2.75) is 32.1 Å². The highest BCUT2D eigenvalue weighted by molar-refractivity contribution is 5.83. The molecule has 1 aromatic carbocycles. The van der Waals surface area contributed by atoms with Gasteiger partial charge in [0.05, 0.1) is 5.69 Å². The van der Waals surface area contributed by atoms with E-state index in [4.69, 9.17) is 0 Å². The molecule has 2 aromatic rings. The van der Waals surface area contributed by atoms with Gasteiger partial charge in [0, 0.05) is 11.3 Å².